The van der Waals surface area contributed by atoms with Crippen LogP contribution in [0.5, 0.6) is 0 Å². The van der Waals surface area contributed by atoms with Crippen molar-refractivity contribution in [1.82, 2.24) is 4.72 Å². The zero-order valence-corrected chi connectivity index (χ0v) is 11.4. The second kappa shape index (κ2) is 5.38. The summed E-state index contributed by atoms with van der Waals surface area (Å²) in [5.41, 5.74) is 1.24. The van der Waals surface area contributed by atoms with Gasteiger partial charge in [0.25, 0.3) is 0 Å². The molecule has 4 nitrogen and oxygen atoms in total. The van der Waals surface area contributed by atoms with Gasteiger partial charge in [0.2, 0.25) is 10.0 Å². The summed E-state index contributed by atoms with van der Waals surface area (Å²) in [5.74, 6) is 0.0222. The molecule has 0 atom stereocenters. The van der Waals surface area contributed by atoms with Crippen LogP contribution >= 0.6 is 0 Å². The lowest BCUT2D eigenvalue weighted by Crippen LogP contribution is -2.34. The van der Waals surface area contributed by atoms with Crippen LogP contribution in [0.1, 0.15) is 18.4 Å². The average Bonchev–Trinajstić information content (AvgIpc) is 3.17. The van der Waals surface area contributed by atoms with Gasteiger partial charge in [-0.3, -0.25) is 0 Å². The predicted molar refractivity (Wildman–Crippen MR) is 71.0 cm³/mol. The number of hydrogen-bond acceptors (Lipinski definition) is 3. The molecular weight excluding hydrogens is 250 g/mol. The molecule has 100 valence electrons. The van der Waals surface area contributed by atoms with Gasteiger partial charge in [-0.1, -0.05) is 30.3 Å². The van der Waals surface area contributed by atoms with Crippen LogP contribution in [-0.2, 0) is 20.2 Å². The highest BCUT2D eigenvalue weighted by Gasteiger charge is 2.44. The Kier molecular flexibility index (Phi) is 4.04. The summed E-state index contributed by atoms with van der Waals surface area (Å²) < 4.78 is 30.9. The first-order valence-corrected chi connectivity index (χ1v) is 7.75. The van der Waals surface area contributed by atoms with Gasteiger partial charge in [-0.05, 0) is 18.4 Å². The lowest BCUT2D eigenvalue weighted by molar-refractivity contribution is 0.217. The van der Waals surface area contributed by atoms with E-state index in [1.54, 1.807) is 0 Å². The monoisotopic (exact) mass is 269 g/mol. The molecule has 1 aromatic rings. The minimum absolute atomic E-state index is 0.0153. The van der Waals surface area contributed by atoms with Crippen molar-refractivity contribution in [2.24, 2.45) is 0 Å². The summed E-state index contributed by atoms with van der Waals surface area (Å²) >= 11 is 0. The van der Waals surface area contributed by atoms with Crippen LogP contribution in [0.2, 0.25) is 0 Å². The van der Waals surface area contributed by atoms with Crippen molar-refractivity contribution in [1.29, 1.82) is 0 Å². The number of methoxy groups -OCH3 is 1. The van der Waals surface area contributed by atoms with Crippen LogP contribution in [-0.4, -0.2) is 34.4 Å². The maximum atomic E-state index is 11.7. The third kappa shape index (κ3) is 3.31. The second-order valence-electron chi connectivity index (χ2n) is 4.78. The standard InChI is InChI=1S/C13H19NO3S/c1-17-9-10-18(15,16)14-11-13(7-8-13)12-5-3-2-4-6-12/h2-6,14H,7-11H2,1H3. The van der Waals surface area contributed by atoms with Gasteiger partial charge in [-0.15, -0.1) is 0 Å². The molecule has 1 aromatic carbocycles. The van der Waals surface area contributed by atoms with E-state index in [1.165, 1.54) is 12.7 Å². The number of rotatable bonds is 7. The van der Waals surface area contributed by atoms with Crippen LogP contribution < -0.4 is 4.72 Å². The molecule has 1 N–H and O–H groups in total. The Morgan fingerprint density at radius 2 is 1.94 bits per heavy atom. The summed E-state index contributed by atoms with van der Waals surface area (Å²) in [6, 6.07) is 10.1. The molecule has 0 aliphatic heterocycles. The molecule has 0 saturated heterocycles. The van der Waals surface area contributed by atoms with E-state index in [-0.39, 0.29) is 17.8 Å². The normalized spacial score (nSPS) is 17.6. The molecule has 0 bridgehead atoms. The maximum absolute atomic E-state index is 11.7. The highest BCUT2D eigenvalue weighted by atomic mass is 32.2. The Hall–Kier alpha value is -0.910. The van der Waals surface area contributed by atoms with Crippen molar-refractivity contribution in [3.63, 3.8) is 0 Å². The lowest BCUT2D eigenvalue weighted by Gasteiger charge is -2.16. The van der Waals surface area contributed by atoms with Gasteiger partial charge >= 0.3 is 0 Å². The smallest absolute Gasteiger partial charge is 0.213 e. The van der Waals surface area contributed by atoms with E-state index in [0.717, 1.165) is 12.8 Å². The molecule has 0 spiro atoms. The van der Waals surface area contributed by atoms with Gasteiger partial charge in [0, 0.05) is 19.1 Å². The summed E-state index contributed by atoms with van der Waals surface area (Å²) in [4.78, 5) is 0. The number of hydrogen-bond donors (Lipinski definition) is 1. The van der Waals surface area contributed by atoms with E-state index in [4.69, 9.17) is 4.74 Å². The molecule has 18 heavy (non-hydrogen) atoms. The molecule has 1 fully saturated rings. The van der Waals surface area contributed by atoms with Gasteiger partial charge in [0.15, 0.2) is 0 Å². The fourth-order valence-corrected chi connectivity index (χ4v) is 3.05. The topological polar surface area (TPSA) is 55.4 Å². The molecule has 0 heterocycles. The number of nitrogens with one attached hydrogen (secondary N) is 1. The Morgan fingerprint density at radius 3 is 2.50 bits per heavy atom. The Balaban J connectivity index is 1.95. The quantitative estimate of drug-likeness (QED) is 0.811. The molecular formula is C13H19NO3S. The molecule has 0 amide bonds. The van der Waals surface area contributed by atoms with E-state index in [0.29, 0.717) is 6.54 Å². The highest BCUT2D eigenvalue weighted by Crippen LogP contribution is 2.47. The van der Waals surface area contributed by atoms with E-state index in [2.05, 4.69) is 16.9 Å². The van der Waals surface area contributed by atoms with Crippen molar-refractivity contribution in [3.05, 3.63) is 35.9 Å². The van der Waals surface area contributed by atoms with E-state index in [1.807, 2.05) is 18.2 Å². The fraction of sp³-hybridized carbons (Fsp3) is 0.538. The molecule has 2 rings (SSSR count). The molecule has 1 saturated carbocycles. The summed E-state index contributed by atoms with van der Waals surface area (Å²) in [7, 11) is -1.72. The third-order valence-electron chi connectivity index (χ3n) is 3.43. The zero-order valence-electron chi connectivity index (χ0n) is 10.6. The largest absolute Gasteiger partial charge is 0.384 e. The third-order valence-corrected chi connectivity index (χ3v) is 4.71. The van der Waals surface area contributed by atoms with Crippen LogP contribution in [0.3, 0.4) is 0 Å². The first kappa shape index (κ1) is 13.5. The van der Waals surface area contributed by atoms with Crippen molar-refractivity contribution in [3.8, 4) is 0 Å². The SMILES string of the molecule is COCCS(=O)(=O)NCC1(c2ccccc2)CC1. The summed E-state index contributed by atoms with van der Waals surface area (Å²) in [6.07, 6.45) is 2.09. The van der Waals surface area contributed by atoms with Gasteiger partial charge in [-0.2, -0.15) is 0 Å². The van der Waals surface area contributed by atoms with Crippen molar-refractivity contribution in [2.75, 3.05) is 26.0 Å². The van der Waals surface area contributed by atoms with Gasteiger partial charge in [0.1, 0.15) is 0 Å². The van der Waals surface area contributed by atoms with Gasteiger partial charge in [-0.25, -0.2) is 13.1 Å². The number of ether oxygens (including phenoxy) is 1. The Morgan fingerprint density at radius 1 is 1.28 bits per heavy atom. The Labute approximate surface area is 108 Å². The summed E-state index contributed by atoms with van der Waals surface area (Å²) in [5, 5.41) is 0. The minimum atomic E-state index is -3.22. The lowest BCUT2D eigenvalue weighted by atomic mass is 9.96. The van der Waals surface area contributed by atoms with Crippen LogP contribution in [0.15, 0.2) is 30.3 Å². The number of sulfonamides is 1. The minimum Gasteiger partial charge on any atom is -0.384 e. The number of benzene rings is 1. The molecule has 1 aliphatic rings. The van der Waals surface area contributed by atoms with Crippen LogP contribution in [0.25, 0.3) is 0 Å². The van der Waals surface area contributed by atoms with Crippen molar-refractivity contribution in [2.45, 2.75) is 18.3 Å². The van der Waals surface area contributed by atoms with Gasteiger partial charge < -0.3 is 4.74 Å². The zero-order chi connectivity index (χ0) is 13.1. The molecule has 1 aliphatic carbocycles. The van der Waals surface area contributed by atoms with E-state index >= 15 is 0 Å². The molecule has 0 radical (unpaired) electrons. The first-order valence-electron chi connectivity index (χ1n) is 6.10. The summed E-state index contributed by atoms with van der Waals surface area (Å²) in [6.45, 7) is 0.719. The van der Waals surface area contributed by atoms with E-state index in [9.17, 15) is 8.42 Å². The maximum Gasteiger partial charge on any atom is 0.213 e. The highest BCUT2D eigenvalue weighted by molar-refractivity contribution is 7.89. The second-order valence-corrected chi connectivity index (χ2v) is 6.71. The van der Waals surface area contributed by atoms with Crippen molar-refractivity contribution >= 4 is 10.0 Å². The van der Waals surface area contributed by atoms with E-state index < -0.39 is 10.0 Å². The fourth-order valence-electron chi connectivity index (χ4n) is 2.02. The molecule has 5 heteroatoms. The molecule has 0 unspecified atom stereocenters. The molecule has 0 aromatic heterocycles. The van der Waals surface area contributed by atoms with Gasteiger partial charge in [0.05, 0.1) is 12.4 Å². The van der Waals surface area contributed by atoms with Crippen LogP contribution in [0, 0.1) is 0 Å². The predicted octanol–water partition coefficient (Wildman–Crippen LogP) is 1.28. The first-order chi connectivity index (χ1) is 8.58. The Bertz CT molecular complexity index is 480. The van der Waals surface area contributed by atoms with Crippen molar-refractivity contribution < 1.29 is 13.2 Å². The average molecular weight is 269 g/mol. The van der Waals surface area contributed by atoms with Crippen LogP contribution in [0.4, 0.5) is 0 Å².